The van der Waals surface area contributed by atoms with E-state index >= 15 is 0 Å². The van der Waals surface area contributed by atoms with Crippen molar-refractivity contribution in [1.82, 2.24) is 15.1 Å². The molecular weight excluding hydrogens is 450 g/mol. The van der Waals surface area contributed by atoms with E-state index in [0.29, 0.717) is 17.4 Å². The largest absolute Gasteiger partial charge is 0.339 e. The van der Waals surface area contributed by atoms with E-state index in [0.717, 1.165) is 11.1 Å². The molecule has 0 unspecified atom stereocenters. The molecule has 164 valence electrons. The number of hydrogen-bond acceptors (Lipinski definition) is 8. The Morgan fingerprint density at radius 3 is 2.53 bits per heavy atom. The van der Waals surface area contributed by atoms with Crippen molar-refractivity contribution in [3.63, 3.8) is 0 Å². The molecule has 4 aromatic rings. The van der Waals surface area contributed by atoms with Gasteiger partial charge in [-0.05, 0) is 31.2 Å². The van der Waals surface area contributed by atoms with Crippen LogP contribution in [0.25, 0.3) is 11.4 Å². The second-order valence-electron chi connectivity index (χ2n) is 6.89. The van der Waals surface area contributed by atoms with Crippen molar-refractivity contribution in [2.75, 3.05) is 10.0 Å². The van der Waals surface area contributed by atoms with E-state index in [1.165, 1.54) is 41.8 Å². The van der Waals surface area contributed by atoms with Crippen LogP contribution in [-0.4, -0.2) is 29.4 Å². The summed E-state index contributed by atoms with van der Waals surface area (Å²) >= 11 is 1.18. The molecule has 0 saturated heterocycles. The van der Waals surface area contributed by atoms with E-state index in [4.69, 9.17) is 4.52 Å². The quantitative estimate of drug-likeness (QED) is 0.401. The fourth-order valence-electron chi connectivity index (χ4n) is 2.79. The number of nitrogens with one attached hydrogen (secondary N) is 2. The molecule has 2 aromatic carbocycles. The summed E-state index contributed by atoms with van der Waals surface area (Å²) in [5, 5.41) is 8.64. The Kier molecular flexibility index (Phi) is 6.28. The van der Waals surface area contributed by atoms with Crippen LogP contribution in [0.3, 0.4) is 0 Å². The summed E-state index contributed by atoms with van der Waals surface area (Å²) in [6, 6.07) is 13.6. The summed E-state index contributed by atoms with van der Waals surface area (Å²) in [5.41, 5.74) is 2.46. The molecule has 4 rings (SSSR count). The summed E-state index contributed by atoms with van der Waals surface area (Å²) in [5.74, 6) is 0.589. The molecule has 0 aliphatic heterocycles. The number of hydrogen-bond donors (Lipinski definition) is 2. The van der Waals surface area contributed by atoms with Crippen molar-refractivity contribution in [3.05, 3.63) is 71.6 Å². The van der Waals surface area contributed by atoms with Crippen LogP contribution in [0.15, 0.2) is 69.5 Å². The topological polar surface area (TPSA) is 127 Å². The number of aromatic nitrogens is 3. The number of rotatable bonds is 8. The van der Waals surface area contributed by atoms with Crippen LogP contribution in [0.5, 0.6) is 0 Å². The molecule has 0 atom stereocenters. The van der Waals surface area contributed by atoms with Crippen LogP contribution < -0.4 is 10.0 Å². The highest BCUT2D eigenvalue weighted by Gasteiger charge is 2.16. The van der Waals surface area contributed by atoms with Gasteiger partial charge < -0.3 is 9.84 Å². The van der Waals surface area contributed by atoms with E-state index in [1.807, 2.05) is 31.2 Å². The highest BCUT2D eigenvalue weighted by Crippen LogP contribution is 2.20. The minimum atomic E-state index is -3.74. The molecule has 2 N–H and O–H groups in total. The first-order valence-electron chi connectivity index (χ1n) is 9.61. The monoisotopic (exact) mass is 469 g/mol. The first-order chi connectivity index (χ1) is 15.4. The number of anilines is 2. The van der Waals surface area contributed by atoms with Gasteiger partial charge in [0.05, 0.1) is 4.90 Å². The normalized spacial score (nSPS) is 11.3. The van der Waals surface area contributed by atoms with Gasteiger partial charge in [0.2, 0.25) is 17.6 Å². The van der Waals surface area contributed by atoms with Gasteiger partial charge >= 0.3 is 0 Å². The second kappa shape index (κ2) is 9.28. The van der Waals surface area contributed by atoms with Crippen molar-refractivity contribution in [2.45, 2.75) is 24.7 Å². The predicted molar refractivity (Wildman–Crippen MR) is 121 cm³/mol. The Hall–Kier alpha value is -3.57. The number of benzene rings is 2. The number of carbonyl (C=O) groups is 1. The standard InChI is InChI=1S/C21H19N5O4S2/c1-14-2-4-15(5-3-14)20-24-19(30-25-20)11-10-18(27)23-16-6-8-17(9-7-16)32(28,29)26-21-22-12-13-31-21/h2-9,12-13H,10-11H2,1H3,(H,22,26)(H,23,27). The second-order valence-corrected chi connectivity index (χ2v) is 9.47. The summed E-state index contributed by atoms with van der Waals surface area (Å²) in [4.78, 5) is 20.6. The van der Waals surface area contributed by atoms with Crippen LogP contribution in [0.1, 0.15) is 17.9 Å². The number of thiazole rings is 1. The molecule has 0 aliphatic rings. The molecule has 2 heterocycles. The minimum Gasteiger partial charge on any atom is -0.339 e. The number of nitrogens with zero attached hydrogens (tertiary/aromatic N) is 3. The Labute approximate surface area is 188 Å². The number of aryl methyl sites for hydroxylation is 2. The van der Waals surface area contributed by atoms with Crippen molar-refractivity contribution >= 4 is 38.1 Å². The summed E-state index contributed by atoms with van der Waals surface area (Å²) in [7, 11) is -3.74. The molecule has 2 aromatic heterocycles. The molecule has 0 spiro atoms. The van der Waals surface area contributed by atoms with Crippen LogP contribution in [0.4, 0.5) is 10.8 Å². The Balaban J connectivity index is 1.31. The predicted octanol–water partition coefficient (Wildman–Crippen LogP) is 3.87. The highest BCUT2D eigenvalue weighted by atomic mass is 32.2. The lowest BCUT2D eigenvalue weighted by molar-refractivity contribution is -0.116. The molecule has 9 nitrogen and oxygen atoms in total. The minimum absolute atomic E-state index is 0.0696. The maximum absolute atomic E-state index is 12.4. The van der Waals surface area contributed by atoms with E-state index in [2.05, 4.69) is 25.2 Å². The summed E-state index contributed by atoms with van der Waals surface area (Å²) < 4.78 is 32.3. The molecule has 0 radical (unpaired) electrons. The summed E-state index contributed by atoms with van der Waals surface area (Å²) in [6.07, 6.45) is 1.94. The highest BCUT2D eigenvalue weighted by molar-refractivity contribution is 7.93. The van der Waals surface area contributed by atoms with E-state index in [9.17, 15) is 13.2 Å². The average Bonchev–Trinajstić information content (AvgIpc) is 3.45. The van der Waals surface area contributed by atoms with E-state index < -0.39 is 10.0 Å². The fraction of sp³-hybridized carbons (Fsp3) is 0.143. The first-order valence-corrected chi connectivity index (χ1v) is 12.0. The van der Waals surface area contributed by atoms with Crippen molar-refractivity contribution in [2.24, 2.45) is 0 Å². The van der Waals surface area contributed by atoms with Crippen LogP contribution >= 0.6 is 11.3 Å². The fourth-order valence-corrected chi connectivity index (χ4v) is 4.57. The van der Waals surface area contributed by atoms with Crippen molar-refractivity contribution in [3.8, 4) is 11.4 Å². The number of amides is 1. The number of sulfonamides is 1. The number of carbonyl (C=O) groups excluding carboxylic acids is 1. The zero-order valence-electron chi connectivity index (χ0n) is 17.0. The molecule has 1 amide bonds. The lowest BCUT2D eigenvalue weighted by atomic mass is 10.1. The molecule has 0 saturated carbocycles. The molecule has 32 heavy (non-hydrogen) atoms. The van der Waals surface area contributed by atoms with Crippen LogP contribution in [-0.2, 0) is 21.2 Å². The van der Waals surface area contributed by atoms with Gasteiger partial charge in [-0.25, -0.2) is 13.4 Å². The SMILES string of the molecule is Cc1ccc(-c2noc(CCC(=O)Nc3ccc(S(=O)(=O)Nc4nccs4)cc3)n2)cc1. The smallest absolute Gasteiger partial charge is 0.263 e. The van der Waals surface area contributed by atoms with Crippen molar-refractivity contribution < 1.29 is 17.7 Å². The zero-order valence-corrected chi connectivity index (χ0v) is 18.6. The molecule has 11 heteroatoms. The van der Waals surface area contributed by atoms with Gasteiger partial charge in [-0.15, -0.1) is 11.3 Å². The Bertz CT molecular complexity index is 1300. The van der Waals surface area contributed by atoms with Crippen molar-refractivity contribution in [1.29, 1.82) is 0 Å². The lowest BCUT2D eigenvalue weighted by Gasteiger charge is -2.07. The molecular formula is C21H19N5O4S2. The average molecular weight is 470 g/mol. The van der Waals surface area contributed by atoms with Crippen LogP contribution in [0, 0.1) is 6.92 Å². The molecule has 0 bridgehead atoms. The zero-order chi connectivity index (χ0) is 22.6. The van der Waals surface area contributed by atoms with E-state index in [-0.39, 0.29) is 28.8 Å². The van der Waals surface area contributed by atoms with E-state index in [1.54, 1.807) is 5.38 Å². The van der Waals surface area contributed by atoms with Gasteiger partial charge in [-0.3, -0.25) is 9.52 Å². The van der Waals surface area contributed by atoms with Gasteiger partial charge in [0.25, 0.3) is 10.0 Å². The third-order valence-electron chi connectivity index (χ3n) is 4.45. The van der Waals surface area contributed by atoms with Gasteiger partial charge in [-0.1, -0.05) is 35.0 Å². The maximum atomic E-state index is 12.4. The first kappa shape index (κ1) is 21.7. The van der Waals surface area contributed by atoms with Gasteiger partial charge in [0.1, 0.15) is 0 Å². The van der Waals surface area contributed by atoms with Gasteiger partial charge in [-0.2, -0.15) is 4.98 Å². The van der Waals surface area contributed by atoms with Gasteiger partial charge in [0, 0.05) is 35.7 Å². The lowest BCUT2D eigenvalue weighted by Crippen LogP contribution is -2.14. The third kappa shape index (κ3) is 5.37. The Morgan fingerprint density at radius 2 is 1.84 bits per heavy atom. The third-order valence-corrected chi connectivity index (χ3v) is 6.62. The maximum Gasteiger partial charge on any atom is 0.263 e. The Morgan fingerprint density at radius 1 is 1.09 bits per heavy atom. The molecule has 0 fully saturated rings. The summed E-state index contributed by atoms with van der Waals surface area (Å²) in [6.45, 7) is 2.00. The van der Waals surface area contributed by atoms with Gasteiger partial charge in [0.15, 0.2) is 5.13 Å². The molecule has 0 aliphatic carbocycles. The van der Waals surface area contributed by atoms with Crippen LogP contribution in [0.2, 0.25) is 0 Å².